The summed E-state index contributed by atoms with van der Waals surface area (Å²) in [6, 6.07) is 3.86. The molecule has 0 aliphatic rings. The van der Waals surface area contributed by atoms with Gasteiger partial charge < -0.3 is 9.73 Å². The lowest BCUT2D eigenvalue weighted by Gasteiger charge is -2.02. The fraction of sp³-hybridized carbons (Fsp3) is 0.250. The summed E-state index contributed by atoms with van der Waals surface area (Å²) in [5.41, 5.74) is 2.37. The molecule has 0 atom stereocenters. The van der Waals surface area contributed by atoms with Crippen LogP contribution in [0.2, 0.25) is 0 Å². The van der Waals surface area contributed by atoms with Crippen molar-refractivity contribution in [3.63, 3.8) is 0 Å². The Morgan fingerprint density at radius 1 is 1.35 bits per heavy atom. The van der Waals surface area contributed by atoms with Crippen LogP contribution in [0.5, 0.6) is 0 Å². The van der Waals surface area contributed by atoms with Gasteiger partial charge in [0.05, 0.1) is 5.69 Å². The van der Waals surface area contributed by atoms with Gasteiger partial charge in [0, 0.05) is 42.7 Å². The standard InChI is InChI=1S/C16H16N4O2S/c1-2-13-14(19-10-22-13)15(21)18-8-5-12-9-23-16(20-12)11-3-6-17-7-4-11/h3-4,6-7,9-10H,2,5,8H2,1H3,(H,18,21). The van der Waals surface area contributed by atoms with E-state index >= 15 is 0 Å². The van der Waals surface area contributed by atoms with E-state index in [9.17, 15) is 4.79 Å². The topological polar surface area (TPSA) is 80.9 Å². The number of carbonyl (C=O) groups excluding carboxylic acids is 1. The van der Waals surface area contributed by atoms with Crippen LogP contribution in [-0.4, -0.2) is 27.4 Å². The average molecular weight is 328 g/mol. The third kappa shape index (κ3) is 3.62. The molecule has 0 radical (unpaired) electrons. The van der Waals surface area contributed by atoms with Crippen molar-refractivity contribution in [1.82, 2.24) is 20.3 Å². The van der Waals surface area contributed by atoms with E-state index in [0.717, 1.165) is 16.3 Å². The fourth-order valence-corrected chi connectivity index (χ4v) is 3.00. The zero-order chi connectivity index (χ0) is 16.1. The number of hydrogen-bond acceptors (Lipinski definition) is 6. The summed E-state index contributed by atoms with van der Waals surface area (Å²) in [4.78, 5) is 24.6. The van der Waals surface area contributed by atoms with Crippen molar-refractivity contribution < 1.29 is 9.21 Å². The second kappa shape index (κ2) is 7.15. The van der Waals surface area contributed by atoms with E-state index in [4.69, 9.17) is 4.42 Å². The molecule has 7 heteroatoms. The van der Waals surface area contributed by atoms with Crippen molar-refractivity contribution in [2.24, 2.45) is 0 Å². The lowest BCUT2D eigenvalue weighted by molar-refractivity contribution is 0.0948. The highest BCUT2D eigenvalue weighted by molar-refractivity contribution is 7.13. The molecule has 0 aromatic carbocycles. The van der Waals surface area contributed by atoms with Crippen molar-refractivity contribution in [2.75, 3.05) is 6.54 Å². The van der Waals surface area contributed by atoms with Crippen LogP contribution in [0.15, 0.2) is 40.7 Å². The Morgan fingerprint density at radius 2 is 2.17 bits per heavy atom. The Balaban J connectivity index is 1.55. The van der Waals surface area contributed by atoms with Gasteiger partial charge in [-0.15, -0.1) is 11.3 Å². The van der Waals surface area contributed by atoms with Crippen LogP contribution in [0.4, 0.5) is 0 Å². The van der Waals surface area contributed by atoms with Gasteiger partial charge in [0.1, 0.15) is 10.8 Å². The second-order valence-corrected chi connectivity index (χ2v) is 5.72. The number of amides is 1. The highest BCUT2D eigenvalue weighted by atomic mass is 32.1. The normalized spacial score (nSPS) is 10.7. The Kier molecular flexibility index (Phi) is 4.77. The van der Waals surface area contributed by atoms with E-state index in [2.05, 4.69) is 20.3 Å². The molecule has 0 aliphatic carbocycles. The van der Waals surface area contributed by atoms with Crippen LogP contribution >= 0.6 is 11.3 Å². The number of nitrogens with one attached hydrogen (secondary N) is 1. The van der Waals surface area contributed by atoms with Gasteiger partial charge in [-0.05, 0) is 12.1 Å². The summed E-state index contributed by atoms with van der Waals surface area (Å²) in [5.74, 6) is 0.399. The highest BCUT2D eigenvalue weighted by Crippen LogP contribution is 2.22. The molecule has 0 saturated heterocycles. The van der Waals surface area contributed by atoms with E-state index in [1.54, 1.807) is 23.7 Å². The molecule has 0 spiro atoms. The van der Waals surface area contributed by atoms with Crippen molar-refractivity contribution in [3.05, 3.63) is 53.4 Å². The molecule has 0 unspecified atom stereocenters. The summed E-state index contributed by atoms with van der Waals surface area (Å²) < 4.78 is 5.16. The number of pyridine rings is 1. The molecule has 1 amide bonds. The first kappa shape index (κ1) is 15.4. The SMILES string of the molecule is CCc1ocnc1C(=O)NCCc1csc(-c2ccncc2)n1. The quantitative estimate of drug-likeness (QED) is 0.752. The van der Waals surface area contributed by atoms with Crippen molar-refractivity contribution in [2.45, 2.75) is 19.8 Å². The second-order valence-electron chi connectivity index (χ2n) is 4.86. The first-order valence-corrected chi connectivity index (χ1v) is 8.21. The molecule has 3 aromatic heterocycles. The number of carbonyl (C=O) groups is 1. The molecule has 3 rings (SSSR count). The van der Waals surface area contributed by atoms with Crippen LogP contribution < -0.4 is 5.32 Å². The van der Waals surface area contributed by atoms with Gasteiger partial charge in [-0.1, -0.05) is 6.92 Å². The van der Waals surface area contributed by atoms with Gasteiger partial charge in [0.25, 0.3) is 5.91 Å². The third-order valence-corrected chi connectivity index (χ3v) is 4.26. The van der Waals surface area contributed by atoms with Gasteiger partial charge >= 0.3 is 0 Å². The molecule has 0 bridgehead atoms. The van der Waals surface area contributed by atoms with Gasteiger partial charge in [-0.2, -0.15) is 0 Å². The molecule has 23 heavy (non-hydrogen) atoms. The van der Waals surface area contributed by atoms with Crippen molar-refractivity contribution >= 4 is 17.2 Å². The van der Waals surface area contributed by atoms with Gasteiger partial charge in [-0.25, -0.2) is 9.97 Å². The number of aromatic nitrogens is 3. The first-order chi connectivity index (χ1) is 11.3. The van der Waals surface area contributed by atoms with Crippen LogP contribution in [0, 0.1) is 0 Å². The lowest BCUT2D eigenvalue weighted by Crippen LogP contribution is -2.26. The number of rotatable bonds is 6. The van der Waals surface area contributed by atoms with Crippen LogP contribution in [0.3, 0.4) is 0 Å². The number of hydrogen-bond donors (Lipinski definition) is 1. The minimum absolute atomic E-state index is 0.208. The number of aryl methyl sites for hydroxylation is 1. The van der Waals surface area contributed by atoms with Gasteiger partial charge in [0.15, 0.2) is 12.1 Å². The first-order valence-electron chi connectivity index (χ1n) is 7.33. The molecule has 0 saturated carbocycles. The van der Waals surface area contributed by atoms with Crippen LogP contribution in [-0.2, 0) is 12.8 Å². The average Bonchev–Trinajstić information content (AvgIpc) is 3.24. The van der Waals surface area contributed by atoms with E-state index in [1.165, 1.54) is 6.39 Å². The Morgan fingerprint density at radius 3 is 2.96 bits per heavy atom. The minimum Gasteiger partial charge on any atom is -0.448 e. The highest BCUT2D eigenvalue weighted by Gasteiger charge is 2.14. The Labute approximate surface area is 137 Å². The van der Waals surface area contributed by atoms with Crippen molar-refractivity contribution in [3.8, 4) is 10.6 Å². The zero-order valence-corrected chi connectivity index (χ0v) is 13.5. The van der Waals surface area contributed by atoms with Crippen molar-refractivity contribution in [1.29, 1.82) is 0 Å². The van der Waals surface area contributed by atoms with E-state index in [-0.39, 0.29) is 5.91 Å². The predicted octanol–water partition coefficient (Wildman–Crippen LogP) is 2.73. The van der Waals surface area contributed by atoms with E-state index in [1.807, 2.05) is 24.4 Å². The minimum atomic E-state index is -0.208. The zero-order valence-electron chi connectivity index (χ0n) is 12.7. The molecule has 118 valence electrons. The van der Waals surface area contributed by atoms with Gasteiger partial charge in [-0.3, -0.25) is 9.78 Å². The number of nitrogens with zero attached hydrogens (tertiary/aromatic N) is 3. The lowest BCUT2D eigenvalue weighted by atomic mass is 10.2. The summed E-state index contributed by atoms with van der Waals surface area (Å²) >= 11 is 1.59. The maximum Gasteiger partial charge on any atom is 0.273 e. The number of thiazole rings is 1. The maximum absolute atomic E-state index is 12.0. The number of oxazole rings is 1. The molecular formula is C16H16N4O2S. The smallest absolute Gasteiger partial charge is 0.273 e. The molecule has 6 nitrogen and oxygen atoms in total. The van der Waals surface area contributed by atoms with E-state index < -0.39 is 0 Å². The summed E-state index contributed by atoms with van der Waals surface area (Å²) in [5, 5.41) is 5.82. The summed E-state index contributed by atoms with van der Waals surface area (Å²) in [7, 11) is 0. The van der Waals surface area contributed by atoms with Crippen LogP contribution in [0.1, 0.15) is 28.9 Å². The van der Waals surface area contributed by atoms with Crippen LogP contribution in [0.25, 0.3) is 10.6 Å². The monoisotopic (exact) mass is 328 g/mol. The Bertz CT molecular complexity index is 782. The largest absolute Gasteiger partial charge is 0.448 e. The fourth-order valence-electron chi connectivity index (χ4n) is 2.14. The Hall–Kier alpha value is -2.54. The molecule has 3 heterocycles. The molecule has 3 aromatic rings. The maximum atomic E-state index is 12.0. The van der Waals surface area contributed by atoms with E-state index in [0.29, 0.717) is 30.8 Å². The predicted molar refractivity (Wildman–Crippen MR) is 87.3 cm³/mol. The third-order valence-electron chi connectivity index (χ3n) is 3.32. The molecular weight excluding hydrogens is 312 g/mol. The summed E-state index contributed by atoms with van der Waals surface area (Å²) in [6.07, 6.45) is 6.12. The summed E-state index contributed by atoms with van der Waals surface area (Å²) in [6.45, 7) is 2.43. The molecule has 0 fully saturated rings. The van der Waals surface area contributed by atoms with Gasteiger partial charge in [0.2, 0.25) is 0 Å². The molecule has 1 N–H and O–H groups in total. The molecule has 0 aliphatic heterocycles.